The van der Waals surface area contributed by atoms with Crippen molar-refractivity contribution in [2.75, 3.05) is 6.61 Å². The lowest BCUT2D eigenvalue weighted by molar-refractivity contribution is -0.384. The van der Waals surface area contributed by atoms with Crippen LogP contribution in [-0.4, -0.2) is 28.9 Å². The molecule has 2 rings (SSSR count). The zero-order valence-electron chi connectivity index (χ0n) is 16.5. The predicted molar refractivity (Wildman–Crippen MR) is 108 cm³/mol. The minimum Gasteiger partial charge on any atom is -0.466 e. The molecule has 1 unspecified atom stereocenters. The van der Waals surface area contributed by atoms with Crippen LogP contribution in [0.2, 0.25) is 0 Å². The maximum Gasteiger partial charge on any atom is 0.307 e. The summed E-state index contributed by atoms with van der Waals surface area (Å²) in [6.07, 6.45) is 1.36. The summed E-state index contributed by atoms with van der Waals surface area (Å²) in [5.41, 5.74) is 6.12. The molecule has 0 radical (unpaired) electrons. The second-order valence-electron chi connectivity index (χ2n) is 6.91. The molecule has 0 aliphatic heterocycles. The van der Waals surface area contributed by atoms with Gasteiger partial charge < -0.3 is 4.74 Å². The van der Waals surface area contributed by atoms with Crippen LogP contribution in [0.3, 0.4) is 0 Å². The van der Waals surface area contributed by atoms with Gasteiger partial charge in [0.2, 0.25) is 0 Å². The zero-order valence-corrected chi connectivity index (χ0v) is 16.5. The number of rotatable bonds is 10. The lowest BCUT2D eigenvalue weighted by atomic mass is 9.90. The number of amides is 1. The van der Waals surface area contributed by atoms with Gasteiger partial charge >= 0.3 is 5.97 Å². The highest BCUT2D eigenvalue weighted by molar-refractivity contribution is 5.94. The maximum absolute atomic E-state index is 12.4. The first-order valence-corrected chi connectivity index (χ1v) is 9.34. The highest BCUT2D eigenvalue weighted by atomic mass is 16.6. The Bertz CT molecular complexity index is 839. The summed E-state index contributed by atoms with van der Waals surface area (Å²) in [5.74, 6) is -0.810. The molecule has 154 valence electrons. The van der Waals surface area contributed by atoms with Crippen molar-refractivity contribution in [2.24, 2.45) is 0 Å². The summed E-state index contributed by atoms with van der Waals surface area (Å²) >= 11 is 0. The standard InChI is InChI=1S/C21H25N3O5/c1-3-29-19(25)15-21(2,14-13-16-7-5-4-6-8-16)23-22-20(26)17-9-11-18(12-10-17)24(27)28/h4-12,23H,3,13-15H2,1-2H3,(H,22,26). The van der Waals surface area contributed by atoms with Crippen LogP contribution in [0.5, 0.6) is 0 Å². The Morgan fingerprint density at radius 3 is 2.34 bits per heavy atom. The Hall–Kier alpha value is -3.26. The van der Waals surface area contributed by atoms with Gasteiger partial charge in [-0.1, -0.05) is 30.3 Å². The number of hydrazine groups is 1. The van der Waals surface area contributed by atoms with E-state index in [0.717, 1.165) is 5.56 Å². The van der Waals surface area contributed by atoms with E-state index in [1.807, 2.05) is 37.3 Å². The Balaban J connectivity index is 2.04. The quantitative estimate of drug-likeness (QED) is 0.361. The van der Waals surface area contributed by atoms with E-state index >= 15 is 0 Å². The molecule has 0 spiro atoms. The van der Waals surface area contributed by atoms with Gasteiger partial charge in [-0.2, -0.15) is 0 Å². The largest absolute Gasteiger partial charge is 0.466 e. The normalized spacial score (nSPS) is 12.6. The molecule has 0 aliphatic carbocycles. The Kier molecular flexibility index (Phi) is 7.85. The fourth-order valence-corrected chi connectivity index (χ4v) is 2.80. The fourth-order valence-electron chi connectivity index (χ4n) is 2.80. The van der Waals surface area contributed by atoms with E-state index in [1.54, 1.807) is 6.92 Å². The van der Waals surface area contributed by atoms with E-state index in [1.165, 1.54) is 24.3 Å². The minimum absolute atomic E-state index is 0.0776. The SMILES string of the molecule is CCOC(=O)CC(C)(CCc1ccccc1)NNC(=O)c1ccc([N+](=O)[O-])cc1. The summed E-state index contributed by atoms with van der Waals surface area (Å²) in [6.45, 7) is 3.86. The van der Waals surface area contributed by atoms with Gasteiger partial charge in [-0.15, -0.1) is 0 Å². The van der Waals surface area contributed by atoms with Gasteiger partial charge in [0.05, 0.1) is 18.0 Å². The van der Waals surface area contributed by atoms with Gasteiger partial charge in [-0.05, 0) is 44.4 Å². The average Bonchev–Trinajstić information content (AvgIpc) is 2.71. The summed E-state index contributed by atoms with van der Waals surface area (Å²) < 4.78 is 5.06. The van der Waals surface area contributed by atoms with Gasteiger partial charge in [0.15, 0.2) is 0 Å². The lowest BCUT2D eigenvalue weighted by Gasteiger charge is -2.30. The minimum atomic E-state index is -0.738. The van der Waals surface area contributed by atoms with Gasteiger partial charge in [0, 0.05) is 23.2 Å². The summed E-state index contributed by atoms with van der Waals surface area (Å²) in [7, 11) is 0. The first kappa shape index (κ1) is 22.0. The third kappa shape index (κ3) is 7.00. The molecular formula is C21H25N3O5. The van der Waals surface area contributed by atoms with E-state index in [2.05, 4.69) is 10.9 Å². The topological polar surface area (TPSA) is 111 Å². The maximum atomic E-state index is 12.4. The van der Waals surface area contributed by atoms with Gasteiger partial charge in [0.25, 0.3) is 11.6 Å². The summed E-state index contributed by atoms with van der Waals surface area (Å²) in [5, 5.41) is 10.7. The number of hydrogen-bond acceptors (Lipinski definition) is 6. The Morgan fingerprint density at radius 2 is 1.76 bits per heavy atom. The van der Waals surface area contributed by atoms with E-state index in [9.17, 15) is 19.7 Å². The number of non-ortho nitro benzene ring substituents is 1. The van der Waals surface area contributed by atoms with Crippen molar-refractivity contribution in [1.82, 2.24) is 10.9 Å². The molecule has 0 fully saturated rings. The molecule has 0 saturated carbocycles. The molecule has 2 N–H and O–H groups in total. The molecule has 0 aliphatic rings. The van der Waals surface area contributed by atoms with E-state index in [4.69, 9.17) is 4.74 Å². The molecule has 1 amide bonds. The first-order chi connectivity index (χ1) is 13.8. The lowest BCUT2D eigenvalue weighted by Crippen LogP contribution is -2.53. The van der Waals surface area contributed by atoms with Gasteiger partial charge in [-0.25, -0.2) is 5.43 Å². The zero-order chi connectivity index (χ0) is 21.3. The first-order valence-electron chi connectivity index (χ1n) is 9.34. The molecule has 8 heteroatoms. The van der Waals surface area contributed by atoms with Crippen LogP contribution in [0.15, 0.2) is 54.6 Å². The molecule has 2 aromatic carbocycles. The number of esters is 1. The number of carbonyl (C=O) groups is 2. The van der Waals surface area contributed by atoms with Crippen LogP contribution in [0.1, 0.15) is 42.6 Å². The molecule has 0 saturated heterocycles. The van der Waals surface area contributed by atoms with Crippen molar-refractivity contribution in [1.29, 1.82) is 0 Å². The second-order valence-corrected chi connectivity index (χ2v) is 6.91. The number of benzene rings is 2. The Morgan fingerprint density at radius 1 is 1.10 bits per heavy atom. The molecule has 0 aromatic heterocycles. The summed E-state index contributed by atoms with van der Waals surface area (Å²) in [4.78, 5) is 34.7. The number of nitrogens with zero attached hydrogens (tertiary/aromatic N) is 1. The molecule has 0 bridgehead atoms. The third-order valence-electron chi connectivity index (χ3n) is 4.47. The summed E-state index contributed by atoms with van der Waals surface area (Å²) in [6, 6.07) is 15.1. The van der Waals surface area contributed by atoms with Gasteiger partial charge in [-0.3, -0.25) is 25.1 Å². The van der Waals surface area contributed by atoms with Crippen LogP contribution in [0, 0.1) is 10.1 Å². The highest BCUT2D eigenvalue weighted by Crippen LogP contribution is 2.19. The molecule has 29 heavy (non-hydrogen) atoms. The number of nitro groups is 1. The fraction of sp³-hybridized carbons (Fsp3) is 0.333. The highest BCUT2D eigenvalue weighted by Gasteiger charge is 2.29. The molecule has 2 aromatic rings. The van der Waals surface area contributed by atoms with Crippen LogP contribution in [0.25, 0.3) is 0 Å². The van der Waals surface area contributed by atoms with Gasteiger partial charge in [0.1, 0.15) is 0 Å². The average molecular weight is 399 g/mol. The van der Waals surface area contributed by atoms with Crippen LogP contribution in [0.4, 0.5) is 5.69 Å². The van der Waals surface area contributed by atoms with E-state index in [0.29, 0.717) is 12.8 Å². The molecule has 8 nitrogen and oxygen atoms in total. The van der Waals surface area contributed by atoms with Crippen molar-refractivity contribution >= 4 is 17.6 Å². The molecule has 0 heterocycles. The van der Waals surface area contributed by atoms with Crippen LogP contribution >= 0.6 is 0 Å². The molecule has 1 atom stereocenters. The molecular weight excluding hydrogens is 374 g/mol. The smallest absolute Gasteiger partial charge is 0.307 e. The number of aryl methyl sites for hydroxylation is 1. The van der Waals surface area contributed by atoms with E-state index in [-0.39, 0.29) is 30.2 Å². The van der Waals surface area contributed by atoms with Crippen molar-refractivity contribution < 1.29 is 19.2 Å². The number of hydrogen-bond donors (Lipinski definition) is 2. The van der Waals surface area contributed by atoms with Crippen molar-refractivity contribution in [3.8, 4) is 0 Å². The number of ether oxygens (including phenoxy) is 1. The number of nitrogens with one attached hydrogen (secondary N) is 2. The monoisotopic (exact) mass is 399 g/mol. The number of nitro benzene ring substituents is 1. The van der Waals surface area contributed by atoms with E-state index < -0.39 is 16.4 Å². The van der Waals surface area contributed by atoms with Crippen LogP contribution < -0.4 is 10.9 Å². The van der Waals surface area contributed by atoms with Crippen molar-refractivity contribution in [2.45, 2.75) is 38.6 Å². The second kappa shape index (κ2) is 10.3. The number of carbonyl (C=O) groups excluding carboxylic acids is 2. The van der Waals surface area contributed by atoms with Crippen LogP contribution in [-0.2, 0) is 16.0 Å². The third-order valence-corrected chi connectivity index (χ3v) is 4.47. The Labute approximate surface area is 169 Å². The van der Waals surface area contributed by atoms with Crippen molar-refractivity contribution in [3.63, 3.8) is 0 Å². The predicted octanol–water partition coefficient (Wildman–Crippen LogP) is 3.17. The van der Waals surface area contributed by atoms with Crippen molar-refractivity contribution in [3.05, 3.63) is 75.8 Å².